The minimum Gasteiger partial charge on any atom is -0.311 e. The zero-order valence-electron chi connectivity index (χ0n) is 12.5. The van der Waals surface area contributed by atoms with Gasteiger partial charge in [-0.05, 0) is 32.2 Å². The molecule has 112 valence electrons. The first-order valence-electron chi connectivity index (χ1n) is 7.64. The minimum absolute atomic E-state index is 0.0589. The van der Waals surface area contributed by atoms with Crippen molar-refractivity contribution in [3.05, 3.63) is 11.1 Å². The fraction of sp³-hybridized carbons (Fsp3) is 0.733. The Hall–Kier alpha value is -0.940. The maximum absolute atomic E-state index is 11.5. The van der Waals surface area contributed by atoms with Gasteiger partial charge in [0, 0.05) is 25.4 Å². The van der Waals surface area contributed by atoms with Crippen molar-refractivity contribution < 1.29 is 4.79 Å². The van der Waals surface area contributed by atoms with Gasteiger partial charge in [0.2, 0.25) is 5.91 Å². The van der Waals surface area contributed by atoms with E-state index < -0.39 is 0 Å². The zero-order chi connectivity index (χ0) is 14.4. The molecule has 0 atom stereocenters. The molecule has 0 aliphatic heterocycles. The molecule has 1 aliphatic carbocycles. The van der Waals surface area contributed by atoms with Gasteiger partial charge in [0.15, 0.2) is 5.13 Å². The summed E-state index contributed by atoms with van der Waals surface area (Å²) in [6.07, 6.45) is 6.91. The molecule has 0 unspecified atom stereocenters. The lowest BCUT2D eigenvalue weighted by molar-refractivity contribution is -0.116. The summed E-state index contributed by atoms with van der Waals surface area (Å²) in [6, 6.07) is 0. The summed E-state index contributed by atoms with van der Waals surface area (Å²) in [7, 11) is 0. The molecule has 1 saturated carbocycles. The number of nitrogens with zero attached hydrogens (tertiary/aromatic N) is 2. The summed E-state index contributed by atoms with van der Waals surface area (Å²) < 4.78 is 0. The largest absolute Gasteiger partial charge is 0.311 e. The second-order valence-electron chi connectivity index (χ2n) is 5.52. The van der Waals surface area contributed by atoms with Crippen LogP contribution in [0.3, 0.4) is 0 Å². The average molecular weight is 295 g/mol. The van der Waals surface area contributed by atoms with Crippen LogP contribution in [-0.2, 0) is 11.3 Å². The number of anilines is 1. The SMILES string of the molecule is CCN(C(C)=O)c1nc(CNCC2CCCCC2)cs1. The monoisotopic (exact) mass is 295 g/mol. The lowest BCUT2D eigenvalue weighted by Crippen LogP contribution is -2.28. The van der Waals surface area contributed by atoms with Crippen LogP contribution in [0.25, 0.3) is 0 Å². The first-order valence-corrected chi connectivity index (χ1v) is 8.52. The Bertz CT molecular complexity index is 427. The number of amides is 1. The van der Waals surface area contributed by atoms with Gasteiger partial charge in [-0.1, -0.05) is 19.3 Å². The van der Waals surface area contributed by atoms with Gasteiger partial charge < -0.3 is 5.32 Å². The average Bonchev–Trinajstić information content (AvgIpc) is 2.89. The number of thiazole rings is 1. The van der Waals surface area contributed by atoms with Gasteiger partial charge in [-0.3, -0.25) is 9.69 Å². The van der Waals surface area contributed by atoms with Crippen molar-refractivity contribution in [2.75, 3.05) is 18.0 Å². The van der Waals surface area contributed by atoms with Crippen molar-refractivity contribution in [2.24, 2.45) is 5.92 Å². The highest BCUT2D eigenvalue weighted by atomic mass is 32.1. The second-order valence-corrected chi connectivity index (χ2v) is 6.36. The zero-order valence-corrected chi connectivity index (χ0v) is 13.3. The molecule has 1 aliphatic rings. The highest BCUT2D eigenvalue weighted by Gasteiger charge is 2.15. The van der Waals surface area contributed by atoms with Crippen LogP contribution in [0.1, 0.15) is 51.6 Å². The van der Waals surface area contributed by atoms with Crippen LogP contribution in [0, 0.1) is 5.92 Å². The van der Waals surface area contributed by atoms with Crippen molar-refractivity contribution in [1.29, 1.82) is 0 Å². The lowest BCUT2D eigenvalue weighted by atomic mass is 9.89. The molecular formula is C15H25N3OS. The minimum atomic E-state index is 0.0589. The molecule has 0 spiro atoms. The summed E-state index contributed by atoms with van der Waals surface area (Å²) in [5.41, 5.74) is 1.04. The van der Waals surface area contributed by atoms with Crippen LogP contribution in [0.4, 0.5) is 5.13 Å². The van der Waals surface area contributed by atoms with Crippen molar-refractivity contribution in [3.8, 4) is 0 Å². The van der Waals surface area contributed by atoms with E-state index in [9.17, 15) is 4.79 Å². The molecule has 20 heavy (non-hydrogen) atoms. The fourth-order valence-electron chi connectivity index (χ4n) is 2.79. The van der Waals surface area contributed by atoms with Crippen LogP contribution in [-0.4, -0.2) is 24.0 Å². The molecule has 0 aromatic carbocycles. The van der Waals surface area contributed by atoms with Gasteiger partial charge >= 0.3 is 0 Å². The van der Waals surface area contributed by atoms with Crippen molar-refractivity contribution in [3.63, 3.8) is 0 Å². The van der Waals surface area contributed by atoms with E-state index in [1.54, 1.807) is 23.2 Å². The molecular weight excluding hydrogens is 270 g/mol. The summed E-state index contributed by atoms with van der Waals surface area (Å²) >= 11 is 1.55. The second kappa shape index (κ2) is 7.74. The van der Waals surface area contributed by atoms with E-state index in [0.29, 0.717) is 6.54 Å². The van der Waals surface area contributed by atoms with E-state index in [-0.39, 0.29) is 5.91 Å². The predicted octanol–water partition coefficient (Wildman–Crippen LogP) is 3.19. The number of rotatable bonds is 6. The molecule has 1 amide bonds. The Kier molecular flexibility index (Phi) is 5.98. The number of carbonyl (C=O) groups excluding carboxylic acids is 1. The molecule has 1 N–H and O–H groups in total. The molecule has 1 aromatic rings. The van der Waals surface area contributed by atoms with Crippen LogP contribution in [0.2, 0.25) is 0 Å². The van der Waals surface area contributed by atoms with E-state index in [2.05, 4.69) is 15.7 Å². The van der Waals surface area contributed by atoms with E-state index in [0.717, 1.165) is 29.8 Å². The molecule has 0 radical (unpaired) electrons. The van der Waals surface area contributed by atoms with Gasteiger partial charge in [-0.15, -0.1) is 11.3 Å². The third-order valence-electron chi connectivity index (χ3n) is 3.93. The first-order chi connectivity index (χ1) is 9.70. The van der Waals surface area contributed by atoms with Gasteiger partial charge in [-0.25, -0.2) is 4.98 Å². The fourth-order valence-corrected chi connectivity index (χ4v) is 3.72. The molecule has 0 bridgehead atoms. The van der Waals surface area contributed by atoms with E-state index in [1.807, 2.05) is 6.92 Å². The normalized spacial score (nSPS) is 16.3. The molecule has 1 aromatic heterocycles. The van der Waals surface area contributed by atoms with Crippen LogP contribution < -0.4 is 10.2 Å². The third kappa shape index (κ3) is 4.28. The summed E-state index contributed by atoms with van der Waals surface area (Å²) in [5.74, 6) is 0.898. The molecule has 1 heterocycles. The van der Waals surface area contributed by atoms with Crippen molar-refractivity contribution in [1.82, 2.24) is 10.3 Å². The van der Waals surface area contributed by atoms with Gasteiger partial charge in [-0.2, -0.15) is 0 Å². The third-order valence-corrected chi connectivity index (χ3v) is 4.84. The van der Waals surface area contributed by atoms with Crippen molar-refractivity contribution in [2.45, 2.75) is 52.5 Å². The van der Waals surface area contributed by atoms with Crippen LogP contribution >= 0.6 is 11.3 Å². The summed E-state index contributed by atoms with van der Waals surface area (Å²) in [6.45, 7) is 6.15. The molecule has 0 saturated heterocycles. The molecule has 1 fully saturated rings. The quantitative estimate of drug-likeness (QED) is 0.876. The van der Waals surface area contributed by atoms with Crippen LogP contribution in [0.5, 0.6) is 0 Å². The molecule has 5 heteroatoms. The maximum Gasteiger partial charge on any atom is 0.225 e. The molecule has 2 rings (SSSR count). The number of hydrogen-bond acceptors (Lipinski definition) is 4. The number of aromatic nitrogens is 1. The number of hydrogen-bond donors (Lipinski definition) is 1. The van der Waals surface area contributed by atoms with E-state index in [1.165, 1.54) is 32.1 Å². The van der Waals surface area contributed by atoms with Gasteiger partial charge in [0.25, 0.3) is 0 Å². The molecule has 4 nitrogen and oxygen atoms in total. The number of carbonyl (C=O) groups is 1. The highest BCUT2D eigenvalue weighted by Crippen LogP contribution is 2.23. The van der Waals surface area contributed by atoms with E-state index in [4.69, 9.17) is 0 Å². The van der Waals surface area contributed by atoms with Crippen molar-refractivity contribution >= 4 is 22.4 Å². The van der Waals surface area contributed by atoms with E-state index >= 15 is 0 Å². The number of nitrogens with one attached hydrogen (secondary N) is 1. The topological polar surface area (TPSA) is 45.2 Å². The summed E-state index contributed by atoms with van der Waals surface area (Å²) in [4.78, 5) is 17.7. The lowest BCUT2D eigenvalue weighted by Gasteiger charge is -2.21. The van der Waals surface area contributed by atoms with Crippen LogP contribution in [0.15, 0.2) is 5.38 Å². The Morgan fingerprint density at radius 1 is 1.45 bits per heavy atom. The Morgan fingerprint density at radius 3 is 2.85 bits per heavy atom. The Balaban J connectivity index is 1.78. The first kappa shape index (κ1) is 15.4. The highest BCUT2D eigenvalue weighted by molar-refractivity contribution is 7.14. The standard InChI is InChI=1S/C15H25N3OS/c1-3-18(12(2)19)15-17-14(11-20-15)10-16-9-13-7-5-4-6-8-13/h11,13,16H,3-10H2,1-2H3. The maximum atomic E-state index is 11.5. The Morgan fingerprint density at radius 2 is 2.20 bits per heavy atom. The van der Waals surface area contributed by atoms with Gasteiger partial charge in [0.1, 0.15) is 0 Å². The summed E-state index contributed by atoms with van der Waals surface area (Å²) in [5, 5.41) is 6.38. The van der Waals surface area contributed by atoms with Gasteiger partial charge in [0.05, 0.1) is 5.69 Å². The Labute approximate surface area is 125 Å². The smallest absolute Gasteiger partial charge is 0.225 e. The predicted molar refractivity (Wildman–Crippen MR) is 84.1 cm³/mol.